The zero-order chi connectivity index (χ0) is 11.2. The molecule has 1 aliphatic heterocycles. The molecule has 1 fully saturated rings. The third-order valence-corrected chi connectivity index (χ3v) is 3.94. The van der Waals surface area contributed by atoms with Gasteiger partial charge < -0.3 is 15.8 Å². The highest BCUT2D eigenvalue weighted by Gasteiger charge is 2.14. The number of ether oxygens (including phenoxy) is 1. The Labute approximate surface area is 101 Å². The lowest BCUT2D eigenvalue weighted by molar-refractivity contribution is 0.104. The van der Waals surface area contributed by atoms with E-state index in [-0.39, 0.29) is 6.04 Å². The van der Waals surface area contributed by atoms with Gasteiger partial charge in [-0.1, -0.05) is 6.07 Å². The Bertz CT molecular complexity index is 283. The molecule has 1 saturated heterocycles. The van der Waals surface area contributed by atoms with Crippen molar-refractivity contribution < 1.29 is 4.74 Å². The predicted molar refractivity (Wildman–Crippen MR) is 67.7 cm³/mol. The third-order valence-electron chi connectivity index (χ3n) is 2.94. The van der Waals surface area contributed by atoms with Crippen LogP contribution in [0.25, 0.3) is 0 Å². The predicted octanol–water partition coefficient (Wildman–Crippen LogP) is 1.91. The number of hydrogen-bond acceptors (Lipinski definition) is 4. The second-order valence-corrected chi connectivity index (χ2v) is 5.23. The summed E-state index contributed by atoms with van der Waals surface area (Å²) in [6.07, 6.45) is 4.03. The lowest BCUT2D eigenvalue weighted by Gasteiger charge is -2.13. The van der Waals surface area contributed by atoms with E-state index in [0.29, 0.717) is 6.10 Å². The molecule has 1 aromatic heterocycles. The highest BCUT2D eigenvalue weighted by atomic mass is 32.1. The first kappa shape index (κ1) is 12.0. The fourth-order valence-electron chi connectivity index (χ4n) is 2.00. The lowest BCUT2D eigenvalue weighted by Crippen LogP contribution is -2.28. The maximum absolute atomic E-state index is 6.05. The van der Waals surface area contributed by atoms with Gasteiger partial charge >= 0.3 is 0 Å². The Morgan fingerprint density at radius 1 is 1.62 bits per heavy atom. The standard InChI is InChI=1S/C12H20N2OS/c13-11(12-4-2-8-16-12)9-14-6-5-10-3-1-7-15-10/h2,4,8,10-11,14H,1,3,5-7,9,13H2. The molecule has 2 rings (SSSR count). The van der Waals surface area contributed by atoms with Gasteiger partial charge in [-0.3, -0.25) is 0 Å². The zero-order valence-corrected chi connectivity index (χ0v) is 10.3. The van der Waals surface area contributed by atoms with Crippen LogP contribution in [0.5, 0.6) is 0 Å². The Morgan fingerprint density at radius 2 is 2.56 bits per heavy atom. The number of hydrogen-bond donors (Lipinski definition) is 2. The summed E-state index contributed by atoms with van der Waals surface area (Å²) in [4.78, 5) is 1.25. The van der Waals surface area contributed by atoms with Gasteiger partial charge in [-0.05, 0) is 37.3 Å². The van der Waals surface area contributed by atoms with Gasteiger partial charge in [0.25, 0.3) is 0 Å². The molecule has 0 aliphatic carbocycles. The van der Waals surface area contributed by atoms with Crippen LogP contribution in [0.1, 0.15) is 30.2 Å². The average Bonchev–Trinajstić information content (AvgIpc) is 2.96. The van der Waals surface area contributed by atoms with Crippen molar-refractivity contribution in [1.82, 2.24) is 5.32 Å². The summed E-state index contributed by atoms with van der Waals surface area (Å²) in [5.74, 6) is 0. The highest BCUT2D eigenvalue weighted by Crippen LogP contribution is 2.16. The van der Waals surface area contributed by atoms with Crippen molar-refractivity contribution in [3.8, 4) is 0 Å². The van der Waals surface area contributed by atoms with E-state index in [2.05, 4.69) is 16.8 Å². The fourth-order valence-corrected chi connectivity index (χ4v) is 2.72. The van der Waals surface area contributed by atoms with Crippen molar-refractivity contribution in [1.29, 1.82) is 0 Å². The summed E-state index contributed by atoms with van der Waals surface area (Å²) in [7, 11) is 0. The second-order valence-electron chi connectivity index (χ2n) is 4.25. The van der Waals surface area contributed by atoms with Crippen LogP contribution < -0.4 is 11.1 Å². The number of nitrogens with one attached hydrogen (secondary N) is 1. The molecule has 90 valence electrons. The molecule has 2 heterocycles. The second kappa shape index (κ2) is 6.35. The molecule has 0 spiro atoms. The van der Waals surface area contributed by atoms with E-state index < -0.39 is 0 Å². The van der Waals surface area contributed by atoms with E-state index in [1.165, 1.54) is 17.7 Å². The van der Waals surface area contributed by atoms with Crippen molar-refractivity contribution in [3.05, 3.63) is 22.4 Å². The average molecular weight is 240 g/mol. The quantitative estimate of drug-likeness (QED) is 0.747. The van der Waals surface area contributed by atoms with Crippen LogP contribution in [0.2, 0.25) is 0 Å². The summed E-state index contributed by atoms with van der Waals surface area (Å²) >= 11 is 1.72. The topological polar surface area (TPSA) is 47.3 Å². The van der Waals surface area contributed by atoms with Crippen LogP contribution in [0, 0.1) is 0 Å². The monoisotopic (exact) mass is 240 g/mol. The SMILES string of the molecule is NC(CNCCC1CCCO1)c1cccs1. The highest BCUT2D eigenvalue weighted by molar-refractivity contribution is 7.10. The minimum atomic E-state index is 0.129. The zero-order valence-electron chi connectivity index (χ0n) is 9.52. The van der Waals surface area contributed by atoms with Crippen LogP contribution in [-0.4, -0.2) is 25.8 Å². The van der Waals surface area contributed by atoms with Gasteiger partial charge in [-0.25, -0.2) is 0 Å². The van der Waals surface area contributed by atoms with E-state index in [9.17, 15) is 0 Å². The van der Waals surface area contributed by atoms with Crippen molar-refractivity contribution in [2.45, 2.75) is 31.4 Å². The summed E-state index contributed by atoms with van der Waals surface area (Å²) in [5.41, 5.74) is 6.05. The Kier molecular flexibility index (Phi) is 4.78. The molecule has 2 unspecified atom stereocenters. The number of rotatable bonds is 6. The molecule has 1 aromatic rings. The molecular weight excluding hydrogens is 220 g/mol. The summed E-state index contributed by atoms with van der Waals surface area (Å²) in [5, 5.41) is 5.47. The molecule has 0 radical (unpaired) electrons. The summed E-state index contributed by atoms with van der Waals surface area (Å²) in [6.45, 7) is 2.80. The first-order valence-corrected chi connectivity index (χ1v) is 6.85. The van der Waals surface area contributed by atoms with E-state index >= 15 is 0 Å². The van der Waals surface area contributed by atoms with Crippen LogP contribution in [0.4, 0.5) is 0 Å². The van der Waals surface area contributed by atoms with Crippen molar-refractivity contribution in [2.75, 3.05) is 19.7 Å². The van der Waals surface area contributed by atoms with Gasteiger partial charge in [-0.2, -0.15) is 0 Å². The maximum atomic E-state index is 6.05. The molecule has 3 nitrogen and oxygen atoms in total. The van der Waals surface area contributed by atoms with Crippen LogP contribution in [0.15, 0.2) is 17.5 Å². The normalized spacial score (nSPS) is 22.4. The minimum absolute atomic E-state index is 0.129. The first-order chi connectivity index (χ1) is 7.86. The Morgan fingerprint density at radius 3 is 3.25 bits per heavy atom. The van der Waals surface area contributed by atoms with Gasteiger partial charge in [0.05, 0.1) is 12.1 Å². The van der Waals surface area contributed by atoms with Crippen molar-refractivity contribution in [2.24, 2.45) is 5.73 Å². The van der Waals surface area contributed by atoms with Crippen molar-refractivity contribution in [3.63, 3.8) is 0 Å². The number of thiophene rings is 1. The molecular formula is C12H20N2OS. The molecule has 4 heteroatoms. The van der Waals surface area contributed by atoms with E-state index in [1.807, 2.05) is 6.07 Å². The largest absolute Gasteiger partial charge is 0.378 e. The van der Waals surface area contributed by atoms with E-state index in [1.54, 1.807) is 11.3 Å². The molecule has 2 atom stereocenters. The first-order valence-electron chi connectivity index (χ1n) is 5.97. The molecule has 1 aliphatic rings. The third kappa shape index (κ3) is 3.56. The number of nitrogens with two attached hydrogens (primary N) is 1. The van der Waals surface area contributed by atoms with Gasteiger partial charge in [0.15, 0.2) is 0 Å². The Balaban J connectivity index is 1.57. The Hall–Kier alpha value is -0.420. The molecule has 0 aromatic carbocycles. The molecule has 0 bridgehead atoms. The van der Waals surface area contributed by atoms with Crippen molar-refractivity contribution >= 4 is 11.3 Å². The molecule has 3 N–H and O–H groups in total. The lowest BCUT2D eigenvalue weighted by atomic mass is 10.2. The summed E-state index contributed by atoms with van der Waals surface area (Å²) < 4.78 is 5.56. The molecule has 16 heavy (non-hydrogen) atoms. The smallest absolute Gasteiger partial charge is 0.0588 e. The minimum Gasteiger partial charge on any atom is -0.378 e. The van der Waals surface area contributed by atoms with E-state index in [4.69, 9.17) is 10.5 Å². The van der Waals surface area contributed by atoms with Gasteiger partial charge in [0.1, 0.15) is 0 Å². The van der Waals surface area contributed by atoms with Crippen LogP contribution in [0.3, 0.4) is 0 Å². The van der Waals surface area contributed by atoms with Crippen LogP contribution >= 0.6 is 11.3 Å². The molecule has 0 amide bonds. The van der Waals surface area contributed by atoms with Gasteiger partial charge in [0, 0.05) is 18.0 Å². The maximum Gasteiger partial charge on any atom is 0.0588 e. The van der Waals surface area contributed by atoms with E-state index in [0.717, 1.165) is 26.1 Å². The van der Waals surface area contributed by atoms with Crippen LogP contribution in [-0.2, 0) is 4.74 Å². The summed E-state index contributed by atoms with van der Waals surface area (Å²) in [6, 6.07) is 4.27. The van der Waals surface area contributed by atoms with Gasteiger partial charge in [-0.15, -0.1) is 11.3 Å². The van der Waals surface area contributed by atoms with Gasteiger partial charge in [0.2, 0.25) is 0 Å². The molecule has 0 saturated carbocycles. The fraction of sp³-hybridized carbons (Fsp3) is 0.667.